The lowest BCUT2D eigenvalue weighted by Gasteiger charge is -2.07. The van der Waals surface area contributed by atoms with Crippen molar-refractivity contribution < 1.29 is 4.74 Å². The van der Waals surface area contributed by atoms with E-state index in [1.807, 2.05) is 60.7 Å². The molecule has 0 aliphatic heterocycles. The first kappa shape index (κ1) is 23.5. The predicted octanol–water partition coefficient (Wildman–Crippen LogP) is 6.58. The number of hydrazone groups is 1. The summed E-state index contributed by atoms with van der Waals surface area (Å²) in [5.74, 6) is 1.19. The molecule has 0 aliphatic carbocycles. The van der Waals surface area contributed by atoms with Crippen LogP contribution in [0.4, 0.5) is 5.95 Å². The molecule has 0 bridgehead atoms. The first-order chi connectivity index (χ1) is 17.8. The van der Waals surface area contributed by atoms with Gasteiger partial charge in [-0.25, -0.2) is 5.43 Å². The van der Waals surface area contributed by atoms with Crippen molar-refractivity contribution in [2.24, 2.45) is 5.10 Å². The SMILES string of the molecule is CCCCCCn1c2ccccc2c2nnc(N/N=C/c3ccc(OCc4ccccc4)cc3)nc21. The van der Waals surface area contributed by atoms with Crippen LogP contribution in [0.25, 0.3) is 22.1 Å². The van der Waals surface area contributed by atoms with Crippen molar-refractivity contribution in [1.82, 2.24) is 19.7 Å². The quantitative estimate of drug-likeness (QED) is 0.132. The summed E-state index contributed by atoms with van der Waals surface area (Å²) in [5.41, 5.74) is 7.80. The zero-order valence-corrected chi connectivity index (χ0v) is 20.5. The van der Waals surface area contributed by atoms with Gasteiger partial charge in [0, 0.05) is 11.9 Å². The molecular weight excluding hydrogens is 448 g/mol. The minimum absolute atomic E-state index is 0.374. The Morgan fingerprint density at radius 3 is 2.53 bits per heavy atom. The van der Waals surface area contributed by atoms with Gasteiger partial charge in [0.05, 0.1) is 11.7 Å². The Bertz CT molecular complexity index is 1440. The molecule has 0 fully saturated rings. The largest absolute Gasteiger partial charge is 0.489 e. The van der Waals surface area contributed by atoms with E-state index in [1.165, 1.54) is 19.3 Å². The van der Waals surface area contributed by atoms with Crippen LogP contribution >= 0.6 is 0 Å². The van der Waals surface area contributed by atoms with E-state index in [9.17, 15) is 0 Å². The second kappa shape index (κ2) is 11.4. The van der Waals surface area contributed by atoms with E-state index in [2.05, 4.69) is 50.4 Å². The molecule has 5 aromatic rings. The molecule has 0 saturated heterocycles. The molecule has 0 radical (unpaired) electrons. The second-order valence-electron chi connectivity index (χ2n) is 8.75. The lowest BCUT2D eigenvalue weighted by Crippen LogP contribution is -2.03. The molecule has 0 unspecified atom stereocenters. The number of para-hydroxylation sites is 1. The zero-order valence-electron chi connectivity index (χ0n) is 20.5. The van der Waals surface area contributed by atoms with Crippen molar-refractivity contribution in [3.05, 3.63) is 90.0 Å². The van der Waals surface area contributed by atoms with Gasteiger partial charge >= 0.3 is 0 Å². The van der Waals surface area contributed by atoms with Crippen molar-refractivity contribution in [3.8, 4) is 5.75 Å². The monoisotopic (exact) mass is 478 g/mol. The number of benzene rings is 3. The highest BCUT2D eigenvalue weighted by molar-refractivity contribution is 6.04. The normalized spacial score (nSPS) is 11.5. The molecule has 1 N–H and O–H groups in total. The number of rotatable bonds is 11. The van der Waals surface area contributed by atoms with Crippen LogP contribution in [0.15, 0.2) is 84.0 Å². The summed E-state index contributed by atoms with van der Waals surface area (Å²) in [6.07, 6.45) is 6.50. The predicted molar refractivity (Wildman–Crippen MR) is 145 cm³/mol. The highest BCUT2D eigenvalue weighted by Crippen LogP contribution is 2.27. The van der Waals surface area contributed by atoms with Gasteiger partial charge in [-0.3, -0.25) is 0 Å². The lowest BCUT2D eigenvalue weighted by molar-refractivity contribution is 0.306. The molecule has 2 heterocycles. The number of unbranched alkanes of at least 4 members (excludes halogenated alkanes) is 3. The topological polar surface area (TPSA) is 77.2 Å². The fourth-order valence-corrected chi connectivity index (χ4v) is 4.23. The fourth-order valence-electron chi connectivity index (χ4n) is 4.23. The van der Waals surface area contributed by atoms with Crippen LogP contribution in [0, 0.1) is 0 Å². The Labute approximate surface area is 210 Å². The molecule has 0 amide bonds. The highest BCUT2D eigenvalue weighted by atomic mass is 16.5. The molecule has 182 valence electrons. The average molecular weight is 479 g/mol. The van der Waals surface area contributed by atoms with Crippen molar-refractivity contribution >= 4 is 34.2 Å². The third kappa shape index (κ3) is 5.51. The number of aromatic nitrogens is 4. The summed E-state index contributed by atoms with van der Waals surface area (Å²) in [5, 5.41) is 14.1. The summed E-state index contributed by atoms with van der Waals surface area (Å²) >= 11 is 0. The molecule has 0 atom stereocenters. The maximum Gasteiger partial charge on any atom is 0.265 e. The van der Waals surface area contributed by atoms with Gasteiger partial charge in [-0.1, -0.05) is 74.7 Å². The number of hydrogen-bond acceptors (Lipinski definition) is 6. The molecule has 7 nitrogen and oxygen atoms in total. The van der Waals surface area contributed by atoms with Crippen molar-refractivity contribution in [2.45, 2.75) is 45.8 Å². The highest BCUT2D eigenvalue weighted by Gasteiger charge is 2.14. The van der Waals surface area contributed by atoms with E-state index in [1.54, 1.807) is 6.21 Å². The summed E-state index contributed by atoms with van der Waals surface area (Å²) in [4.78, 5) is 4.75. The van der Waals surface area contributed by atoms with Crippen LogP contribution in [0.5, 0.6) is 5.75 Å². The van der Waals surface area contributed by atoms with Crippen molar-refractivity contribution in [2.75, 3.05) is 5.43 Å². The number of fused-ring (bicyclic) bond motifs is 3. The van der Waals surface area contributed by atoms with Gasteiger partial charge in [-0.2, -0.15) is 10.1 Å². The Kier molecular flexibility index (Phi) is 7.46. The Hall–Kier alpha value is -4.26. The van der Waals surface area contributed by atoms with Crippen molar-refractivity contribution in [1.29, 1.82) is 0 Å². The molecule has 2 aromatic heterocycles. The number of nitrogens with one attached hydrogen (secondary N) is 1. The molecule has 7 heteroatoms. The van der Waals surface area contributed by atoms with E-state index in [-0.39, 0.29) is 0 Å². The molecule has 0 saturated carbocycles. The standard InChI is InChI=1S/C29H30N6O/c1-2-3-4-10-19-35-26-14-9-8-13-25(26)27-28(35)31-29(34-32-27)33-30-20-22-15-17-24(18-16-22)36-21-23-11-6-5-7-12-23/h5-9,11-18,20H,2-4,10,19,21H2,1H3,(H,31,33,34)/b30-20+. The van der Waals surface area contributed by atoms with Gasteiger partial charge in [0.25, 0.3) is 5.95 Å². The van der Waals surface area contributed by atoms with Gasteiger partial charge in [0.2, 0.25) is 0 Å². The number of hydrogen-bond donors (Lipinski definition) is 1. The van der Waals surface area contributed by atoms with E-state index in [0.717, 1.165) is 51.9 Å². The molecular formula is C29H30N6O. The van der Waals surface area contributed by atoms with Crippen LogP contribution in [-0.2, 0) is 13.2 Å². The maximum absolute atomic E-state index is 5.85. The lowest BCUT2D eigenvalue weighted by atomic mass is 10.2. The second-order valence-corrected chi connectivity index (χ2v) is 8.75. The van der Waals surface area contributed by atoms with Gasteiger partial charge in [0.15, 0.2) is 5.65 Å². The number of anilines is 1. The minimum atomic E-state index is 0.374. The smallest absolute Gasteiger partial charge is 0.265 e. The fraction of sp³-hybridized carbons (Fsp3) is 0.241. The summed E-state index contributed by atoms with van der Waals surface area (Å²) in [6.45, 7) is 3.67. The number of nitrogens with zero attached hydrogens (tertiary/aromatic N) is 5. The van der Waals surface area contributed by atoms with Gasteiger partial charge in [0.1, 0.15) is 17.9 Å². The Morgan fingerprint density at radius 2 is 1.69 bits per heavy atom. The van der Waals surface area contributed by atoms with Crippen LogP contribution in [-0.4, -0.2) is 26.0 Å². The Balaban J connectivity index is 1.26. The Morgan fingerprint density at radius 1 is 0.889 bits per heavy atom. The molecule has 3 aromatic carbocycles. The van der Waals surface area contributed by atoms with Crippen molar-refractivity contribution in [3.63, 3.8) is 0 Å². The van der Waals surface area contributed by atoms with E-state index in [4.69, 9.17) is 9.72 Å². The molecule has 5 rings (SSSR count). The summed E-state index contributed by atoms with van der Waals surface area (Å²) in [6, 6.07) is 26.2. The van der Waals surface area contributed by atoms with Crippen LogP contribution in [0.1, 0.15) is 43.7 Å². The van der Waals surface area contributed by atoms with Crippen LogP contribution < -0.4 is 10.2 Å². The summed E-state index contributed by atoms with van der Waals surface area (Å²) in [7, 11) is 0. The molecule has 0 spiro atoms. The third-order valence-electron chi connectivity index (χ3n) is 6.12. The zero-order chi connectivity index (χ0) is 24.6. The average Bonchev–Trinajstić information content (AvgIpc) is 3.24. The number of aryl methyl sites for hydroxylation is 1. The molecule has 36 heavy (non-hydrogen) atoms. The van der Waals surface area contributed by atoms with E-state index >= 15 is 0 Å². The van der Waals surface area contributed by atoms with Gasteiger partial charge in [-0.15, -0.1) is 10.2 Å². The van der Waals surface area contributed by atoms with Crippen LogP contribution in [0.2, 0.25) is 0 Å². The molecule has 0 aliphatic rings. The van der Waals surface area contributed by atoms with Gasteiger partial charge in [-0.05, 0) is 47.9 Å². The van der Waals surface area contributed by atoms with E-state index < -0.39 is 0 Å². The third-order valence-corrected chi connectivity index (χ3v) is 6.12. The minimum Gasteiger partial charge on any atom is -0.489 e. The van der Waals surface area contributed by atoms with Crippen LogP contribution in [0.3, 0.4) is 0 Å². The maximum atomic E-state index is 5.85. The van der Waals surface area contributed by atoms with Gasteiger partial charge < -0.3 is 9.30 Å². The number of ether oxygens (including phenoxy) is 1. The first-order valence-electron chi connectivity index (χ1n) is 12.5. The van der Waals surface area contributed by atoms with E-state index in [0.29, 0.717) is 12.6 Å². The summed E-state index contributed by atoms with van der Waals surface area (Å²) < 4.78 is 8.10. The first-order valence-corrected chi connectivity index (χ1v) is 12.5.